The van der Waals surface area contributed by atoms with E-state index >= 15 is 0 Å². The highest BCUT2D eigenvalue weighted by Gasteiger charge is 2.28. The smallest absolute Gasteiger partial charge is 0.271 e. The normalized spacial score (nSPS) is 16.2. The van der Waals surface area contributed by atoms with Crippen LogP contribution >= 0.6 is 0 Å². The summed E-state index contributed by atoms with van der Waals surface area (Å²) in [4.78, 5) is 20.5. The third-order valence-electron chi connectivity index (χ3n) is 4.89. The zero-order valence-corrected chi connectivity index (χ0v) is 15.3. The zero-order valence-electron chi connectivity index (χ0n) is 15.3. The third kappa shape index (κ3) is 3.14. The van der Waals surface area contributed by atoms with Gasteiger partial charge in [-0.05, 0) is 30.2 Å². The first-order valence-corrected chi connectivity index (χ1v) is 8.84. The molecule has 0 fully saturated rings. The maximum atomic E-state index is 12.6. The summed E-state index contributed by atoms with van der Waals surface area (Å²) in [5.41, 5.74) is 3.16. The fourth-order valence-electron chi connectivity index (χ4n) is 3.55. The SMILES string of the molecule is COc1ccccc1-c1nc2c([nH]1)C[C@@H](c1ccccc1OC)CNC2=O. The molecule has 0 saturated carbocycles. The van der Waals surface area contributed by atoms with E-state index in [2.05, 4.69) is 15.3 Å². The number of hydrogen-bond acceptors (Lipinski definition) is 4. The number of amides is 1. The fraction of sp³-hybridized carbons (Fsp3) is 0.238. The summed E-state index contributed by atoms with van der Waals surface area (Å²) >= 11 is 0. The average Bonchev–Trinajstić information content (AvgIpc) is 3.08. The van der Waals surface area contributed by atoms with Gasteiger partial charge in [0.1, 0.15) is 23.0 Å². The van der Waals surface area contributed by atoms with Crippen LogP contribution in [0.25, 0.3) is 11.4 Å². The Morgan fingerprint density at radius 1 is 1.00 bits per heavy atom. The molecule has 6 heteroatoms. The number of methoxy groups -OCH3 is 2. The second kappa shape index (κ2) is 7.15. The summed E-state index contributed by atoms with van der Waals surface area (Å²) < 4.78 is 10.9. The van der Waals surface area contributed by atoms with Crippen LogP contribution in [0.1, 0.15) is 27.7 Å². The van der Waals surface area contributed by atoms with Crippen LogP contribution in [0.4, 0.5) is 0 Å². The number of carbonyl (C=O) groups excluding carboxylic acids is 1. The molecule has 1 aliphatic heterocycles. The lowest BCUT2D eigenvalue weighted by Gasteiger charge is -2.17. The van der Waals surface area contributed by atoms with E-state index in [0.29, 0.717) is 30.2 Å². The van der Waals surface area contributed by atoms with Crippen molar-refractivity contribution in [2.45, 2.75) is 12.3 Å². The molecule has 138 valence electrons. The lowest BCUT2D eigenvalue weighted by atomic mass is 9.93. The van der Waals surface area contributed by atoms with Crippen LogP contribution in [0.2, 0.25) is 0 Å². The van der Waals surface area contributed by atoms with Gasteiger partial charge in [0.25, 0.3) is 5.91 Å². The van der Waals surface area contributed by atoms with Crippen LogP contribution in [0.15, 0.2) is 48.5 Å². The summed E-state index contributed by atoms with van der Waals surface area (Å²) in [6.45, 7) is 0.535. The van der Waals surface area contributed by atoms with Gasteiger partial charge in [-0.15, -0.1) is 0 Å². The molecule has 1 aromatic heterocycles. The van der Waals surface area contributed by atoms with Crippen molar-refractivity contribution >= 4 is 5.91 Å². The number of aromatic nitrogens is 2. The number of nitrogens with zero attached hydrogens (tertiary/aromatic N) is 1. The van der Waals surface area contributed by atoms with E-state index < -0.39 is 0 Å². The van der Waals surface area contributed by atoms with Crippen LogP contribution in [0, 0.1) is 0 Å². The summed E-state index contributed by atoms with van der Waals surface area (Å²) in [6, 6.07) is 15.5. The third-order valence-corrected chi connectivity index (χ3v) is 4.89. The number of carbonyl (C=O) groups is 1. The Bertz CT molecular complexity index is 980. The molecule has 0 bridgehead atoms. The molecule has 4 rings (SSSR count). The van der Waals surface area contributed by atoms with Crippen molar-refractivity contribution in [1.82, 2.24) is 15.3 Å². The van der Waals surface area contributed by atoms with Crippen molar-refractivity contribution in [3.8, 4) is 22.9 Å². The van der Waals surface area contributed by atoms with Crippen LogP contribution < -0.4 is 14.8 Å². The predicted octanol–water partition coefficient (Wildman–Crippen LogP) is 3.16. The highest BCUT2D eigenvalue weighted by Crippen LogP contribution is 2.33. The van der Waals surface area contributed by atoms with E-state index in [1.807, 2.05) is 48.5 Å². The van der Waals surface area contributed by atoms with E-state index in [-0.39, 0.29) is 11.8 Å². The van der Waals surface area contributed by atoms with Crippen molar-refractivity contribution in [1.29, 1.82) is 0 Å². The Hall–Kier alpha value is -3.28. The average molecular weight is 363 g/mol. The van der Waals surface area contributed by atoms with Gasteiger partial charge in [-0.1, -0.05) is 30.3 Å². The van der Waals surface area contributed by atoms with Crippen molar-refractivity contribution in [3.05, 3.63) is 65.5 Å². The number of ether oxygens (including phenoxy) is 2. The van der Waals surface area contributed by atoms with Crippen molar-refractivity contribution in [3.63, 3.8) is 0 Å². The van der Waals surface area contributed by atoms with Gasteiger partial charge in [-0.3, -0.25) is 4.79 Å². The molecule has 1 amide bonds. The lowest BCUT2D eigenvalue weighted by molar-refractivity contribution is 0.0950. The minimum atomic E-state index is -0.167. The molecule has 6 nitrogen and oxygen atoms in total. The van der Waals surface area contributed by atoms with Gasteiger partial charge in [0.05, 0.1) is 19.8 Å². The number of imidazole rings is 1. The molecule has 3 aromatic rings. The molecule has 0 unspecified atom stereocenters. The first-order chi connectivity index (χ1) is 13.2. The van der Waals surface area contributed by atoms with E-state index in [4.69, 9.17) is 9.47 Å². The number of fused-ring (bicyclic) bond motifs is 1. The molecular weight excluding hydrogens is 342 g/mol. The number of hydrogen-bond donors (Lipinski definition) is 2. The standard InChI is InChI=1S/C21H21N3O3/c1-26-17-9-5-3-7-14(17)13-11-16-19(21(25)22-12-13)24-20(23-16)15-8-4-6-10-18(15)27-2/h3-10,13H,11-12H2,1-2H3,(H,22,25)(H,23,24)/t13-/m1/s1. The van der Waals surface area contributed by atoms with Gasteiger partial charge in [0.15, 0.2) is 0 Å². The molecule has 0 saturated heterocycles. The van der Waals surface area contributed by atoms with Crippen molar-refractivity contribution in [2.24, 2.45) is 0 Å². The number of para-hydroxylation sites is 2. The largest absolute Gasteiger partial charge is 0.496 e. The van der Waals surface area contributed by atoms with Gasteiger partial charge in [-0.2, -0.15) is 0 Å². The monoisotopic (exact) mass is 363 g/mol. The molecule has 0 aliphatic carbocycles. The molecule has 27 heavy (non-hydrogen) atoms. The second-order valence-electron chi connectivity index (χ2n) is 6.47. The van der Waals surface area contributed by atoms with Crippen LogP contribution in [-0.4, -0.2) is 36.6 Å². The van der Waals surface area contributed by atoms with Crippen molar-refractivity contribution < 1.29 is 14.3 Å². The van der Waals surface area contributed by atoms with Gasteiger partial charge < -0.3 is 19.8 Å². The maximum Gasteiger partial charge on any atom is 0.271 e. The molecule has 2 N–H and O–H groups in total. The minimum Gasteiger partial charge on any atom is -0.496 e. The molecule has 1 aliphatic rings. The molecule has 0 spiro atoms. The topological polar surface area (TPSA) is 76.2 Å². The van der Waals surface area contributed by atoms with E-state index in [1.165, 1.54) is 0 Å². The molecule has 2 aromatic carbocycles. The summed E-state index contributed by atoms with van der Waals surface area (Å²) in [7, 11) is 3.28. The van der Waals surface area contributed by atoms with Crippen LogP contribution in [0.5, 0.6) is 11.5 Å². The first-order valence-electron chi connectivity index (χ1n) is 8.84. The highest BCUT2D eigenvalue weighted by molar-refractivity contribution is 5.94. The number of H-pyrrole nitrogens is 1. The number of rotatable bonds is 4. The summed E-state index contributed by atoms with van der Waals surface area (Å²) in [6.07, 6.45) is 0.663. The predicted molar refractivity (Wildman–Crippen MR) is 102 cm³/mol. The highest BCUT2D eigenvalue weighted by atomic mass is 16.5. The van der Waals surface area contributed by atoms with E-state index in [9.17, 15) is 4.79 Å². The van der Waals surface area contributed by atoms with Gasteiger partial charge in [0, 0.05) is 18.2 Å². The summed E-state index contributed by atoms with van der Waals surface area (Å²) in [5.74, 6) is 2.10. The number of nitrogens with one attached hydrogen (secondary N) is 2. The molecule has 1 atom stereocenters. The Kier molecular flexibility index (Phi) is 4.54. The quantitative estimate of drug-likeness (QED) is 0.747. The maximum absolute atomic E-state index is 12.6. The van der Waals surface area contributed by atoms with Crippen LogP contribution in [0.3, 0.4) is 0 Å². The number of aromatic amines is 1. The Balaban J connectivity index is 1.74. The zero-order chi connectivity index (χ0) is 18.8. The molecule has 0 radical (unpaired) electrons. The van der Waals surface area contributed by atoms with Gasteiger partial charge in [0.2, 0.25) is 0 Å². The fourth-order valence-corrected chi connectivity index (χ4v) is 3.55. The lowest BCUT2D eigenvalue weighted by Crippen LogP contribution is -2.26. The minimum absolute atomic E-state index is 0.0947. The van der Waals surface area contributed by atoms with Gasteiger partial charge >= 0.3 is 0 Å². The number of benzene rings is 2. The summed E-state index contributed by atoms with van der Waals surface area (Å²) in [5, 5.41) is 2.99. The van der Waals surface area contributed by atoms with Gasteiger partial charge in [-0.25, -0.2) is 4.98 Å². The van der Waals surface area contributed by atoms with Crippen molar-refractivity contribution in [2.75, 3.05) is 20.8 Å². The molecular formula is C21H21N3O3. The Morgan fingerprint density at radius 2 is 1.70 bits per heavy atom. The Labute approximate surface area is 157 Å². The molecule has 2 heterocycles. The van der Waals surface area contributed by atoms with Crippen LogP contribution in [-0.2, 0) is 6.42 Å². The van der Waals surface area contributed by atoms with E-state index in [1.54, 1.807) is 14.2 Å². The second-order valence-corrected chi connectivity index (χ2v) is 6.47. The first kappa shape index (κ1) is 17.1. The van der Waals surface area contributed by atoms with E-state index in [0.717, 1.165) is 22.6 Å². The Morgan fingerprint density at radius 3 is 2.48 bits per heavy atom.